The van der Waals surface area contributed by atoms with E-state index >= 15 is 0 Å². The summed E-state index contributed by atoms with van der Waals surface area (Å²) in [6.45, 7) is 4.43. The van der Waals surface area contributed by atoms with Crippen molar-refractivity contribution in [3.05, 3.63) is 0 Å². The highest BCUT2D eigenvalue weighted by Crippen LogP contribution is 2.66. The van der Waals surface area contributed by atoms with E-state index in [2.05, 4.69) is 6.92 Å². The highest BCUT2D eigenvalue weighted by atomic mass is 16.5. The first-order valence-electron chi connectivity index (χ1n) is 8.42. The van der Waals surface area contributed by atoms with E-state index in [0.717, 1.165) is 25.0 Å². The predicted molar refractivity (Wildman–Crippen MR) is 76.7 cm³/mol. The van der Waals surface area contributed by atoms with Gasteiger partial charge in [0, 0.05) is 12.6 Å². The van der Waals surface area contributed by atoms with Crippen LogP contribution in [0.25, 0.3) is 0 Å². The van der Waals surface area contributed by atoms with Crippen LogP contribution < -0.4 is 5.73 Å². The Morgan fingerprint density at radius 2 is 1.89 bits per heavy atom. The Hall–Kier alpha value is -0.0800. The monoisotopic (exact) mass is 263 g/mol. The van der Waals surface area contributed by atoms with Crippen molar-refractivity contribution in [1.29, 1.82) is 0 Å². The van der Waals surface area contributed by atoms with Gasteiger partial charge in [0.15, 0.2) is 0 Å². The molecular formula is C17H29NO. The van der Waals surface area contributed by atoms with Gasteiger partial charge in [-0.15, -0.1) is 0 Å². The van der Waals surface area contributed by atoms with E-state index in [9.17, 15) is 0 Å². The maximum absolute atomic E-state index is 6.83. The van der Waals surface area contributed by atoms with Gasteiger partial charge in [-0.1, -0.05) is 6.92 Å². The second-order valence-corrected chi connectivity index (χ2v) is 8.64. The summed E-state index contributed by atoms with van der Waals surface area (Å²) in [5.41, 5.74) is 7.93. The summed E-state index contributed by atoms with van der Waals surface area (Å²) < 4.78 is 5.71. The summed E-state index contributed by atoms with van der Waals surface area (Å²) in [7, 11) is 0. The summed E-state index contributed by atoms with van der Waals surface area (Å²) in [6.07, 6.45) is 11.3. The van der Waals surface area contributed by atoms with Gasteiger partial charge >= 0.3 is 0 Å². The Bertz CT molecular complexity index is 346. The van der Waals surface area contributed by atoms with Crippen LogP contribution >= 0.6 is 0 Å². The molecule has 2 nitrogen and oxygen atoms in total. The van der Waals surface area contributed by atoms with Crippen LogP contribution in [0.2, 0.25) is 0 Å². The molecule has 0 aromatic heterocycles. The van der Waals surface area contributed by atoms with Gasteiger partial charge in [-0.05, 0) is 80.0 Å². The summed E-state index contributed by atoms with van der Waals surface area (Å²) in [4.78, 5) is 0. The molecule has 4 atom stereocenters. The maximum atomic E-state index is 6.83. The van der Waals surface area contributed by atoms with Crippen molar-refractivity contribution in [1.82, 2.24) is 0 Å². The molecule has 1 aliphatic heterocycles. The topological polar surface area (TPSA) is 35.2 Å². The van der Waals surface area contributed by atoms with Crippen molar-refractivity contribution in [2.75, 3.05) is 13.2 Å². The van der Waals surface area contributed by atoms with E-state index in [4.69, 9.17) is 10.5 Å². The molecule has 4 unspecified atom stereocenters. The Balaban J connectivity index is 1.59. The van der Waals surface area contributed by atoms with E-state index in [1.165, 1.54) is 51.4 Å². The summed E-state index contributed by atoms with van der Waals surface area (Å²) >= 11 is 0. The van der Waals surface area contributed by atoms with Crippen molar-refractivity contribution < 1.29 is 4.74 Å². The summed E-state index contributed by atoms with van der Waals surface area (Å²) in [5.74, 6) is 2.61. The first-order chi connectivity index (χ1) is 9.09. The van der Waals surface area contributed by atoms with Crippen molar-refractivity contribution in [3.63, 3.8) is 0 Å². The minimum absolute atomic E-state index is 0.401. The molecule has 0 aromatic rings. The van der Waals surface area contributed by atoms with E-state index in [1.807, 2.05) is 0 Å². The molecule has 1 saturated heterocycles. The Morgan fingerprint density at radius 1 is 1.16 bits per heavy atom. The minimum Gasteiger partial charge on any atom is -0.381 e. The zero-order valence-electron chi connectivity index (χ0n) is 12.4. The fourth-order valence-corrected chi connectivity index (χ4v) is 6.74. The fourth-order valence-electron chi connectivity index (χ4n) is 6.74. The molecule has 2 heteroatoms. The lowest BCUT2D eigenvalue weighted by Crippen LogP contribution is -2.60. The predicted octanol–water partition coefficient (Wildman–Crippen LogP) is 3.35. The highest BCUT2D eigenvalue weighted by Gasteiger charge is 2.58. The lowest BCUT2D eigenvalue weighted by atomic mass is 9.42. The average molecular weight is 263 g/mol. The summed E-state index contributed by atoms with van der Waals surface area (Å²) in [5, 5.41) is 0. The number of hydrogen-bond donors (Lipinski definition) is 1. The van der Waals surface area contributed by atoms with Crippen molar-refractivity contribution in [2.24, 2.45) is 34.3 Å². The molecule has 2 N–H and O–H groups in total. The fraction of sp³-hybridized carbons (Fsp3) is 1.00. The van der Waals surface area contributed by atoms with Gasteiger partial charge in [-0.2, -0.15) is 0 Å². The van der Waals surface area contributed by atoms with Gasteiger partial charge in [-0.25, -0.2) is 0 Å². The summed E-state index contributed by atoms with van der Waals surface area (Å²) in [6, 6.07) is 0.401. The van der Waals surface area contributed by atoms with Crippen LogP contribution in [0.4, 0.5) is 0 Å². The number of hydrogen-bond acceptors (Lipinski definition) is 2. The zero-order valence-corrected chi connectivity index (χ0v) is 12.4. The molecule has 1 heterocycles. The van der Waals surface area contributed by atoms with Gasteiger partial charge in [0.2, 0.25) is 0 Å². The van der Waals surface area contributed by atoms with Crippen molar-refractivity contribution in [2.45, 2.75) is 64.3 Å². The second kappa shape index (κ2) is 4.21. The molecule has 4 bridgehead atoms. The van der Waals surface area contributed by atoms with E-state index in [0.29, 0.717) is 22.8 Å². The molecular weight excluding hydrogens is 234 g/mol. The third-order valence-electron chi connectivity index (χ3n) is 6.81. The van der Waals surface area contributed by atoms with Gasteiger partial charge in [0.1, 0.15) is 0 Å². The molecule has 4 saturated carbocycles. The normalized spacial score (nSPS) is 54.3. The van der Waals surface area contributed by atoms with Crippen LogP contribution in [0.15, 0.2) is 0 Å². The third-order valence-corrected chi connectivity index (χ3v) is 6.81. The van der Waals surface area contributed by atoms with Crippen LogP contribution in [0.5, 0.6) is 0 Å². The second-order valence-electron chi connectivity index (χ2n) is 8.64. The first kappa shape index (κ1) is 12.6. The Labute approximate surface area is 117 Å². The van der Waals surface area contributed by atoms with Gasteiger partial charge < -0.3 is 10.5 Å². The van der Waals surface area contributed by atoms with Crippen molar-refractivity contribution >= 4 is 0 Å². The molecule has 108 valence electrons. The number of nitrogens with two attached hydrogens (primary N) is 1. The minimum atomic E-state index is 0.401. The molecule has 0 spiro atoms. The van der Waals surface area contributed by atoms with Crippen LogP contribution in [-0.4, -0.2) is 19.3 Å². The SMILES string of the molecule is CC12CC3CC(C1)CC(C(N)C1CCCOC1)(C3)C2. The van der Waals surface area contributed by atoms with Crippen LogP contribution in [0.3, 0.4) is 0 Å². The maximum Gasteiger partial charge on any atom is 0.0509 e. The van der Waals surface area contributed by atoms with Gasteiger partial charge in [0.25, 0.3) is 0 Å². The zero-order chi connectivity index (χ0) is 13.1. The molecule has 19 heavy (non-hydrogen) atoms. The standard InChI is InChI=1S/C17H29NO/c1-16-6-12-5-13(7-16)9-17(8-12,11-16)15(18)14-3-2-4-19-10-14/h12-15H,2-11,18H2,1H3. The smallest absolute Gasteiger partial charge is 0.0509 e. The van der Waals surface area contributed by atoms with Crippen LogP contribution in [-0.2, 0) is 4.74 Å². The van der Waals surface area contributed by atoms with Crippen LogP contribution in [0, 0.1) is 28.6 Å². The van der Waals surface area contributed by atoms with Gasteiger partial charge in [0.05, 0.1) is 6.61 Å². The third kappa shape index (κ3) is 1.98. The quantitative estimate of drug-likeness (QED) is 0.829. The number of rotatable bonds is 2. The lowest BCUT2D eigenvalue weighted by molar-refractivity contribution is -0.127. The first-order valence-corrected chi connectivity index (χ1v) is 8.42. The van der Waals surface area contributed by atoms with E-state index in [1.54, 1.807) is 0 Å². The average Bonchev–Trinajstić information content (AvgIpc) is 2.36. The molecule has 4 aliphatic carbocycles. The number of ether oxygens (including phenoxy) is 1. The van der Waals surface area contributed by atoms with Crippen LogP contribution in [0.1, 0.15) is 58.3 Å². The van der Waals surface area contributed by atoms with Crippen molar-refractivity contribution in [3.8, 4) is 0 Å². The van der Waals surface area contributed by atoms with E-state index < -0.39 is 0 Å². The molecule has 0 radical (unpaired) electrons. The largest absolute Gasteiger partial charge is 0.381 e. The van der Waals surface area contributed by atoms with Gasteiger partial charge in [-0.3, -0.25) is 0 Å². The Kier molecular flexibility index (Phi) is 2.80. The molecule has 0 aromatic carbocycles. The highest BCUT2D eigenvalue weighted by molar-refractivity contribution is 5.10. The molecule has 5 aliphatic rings. The Morgan fingerprint density at radius 3 is 2.47 bits per heavy atom. The molecule has 5 rings (SSSR count). The molecule has 0 amide bonds. The molecule has 5 fully saturated rings. The lowest BCUT2D eigenvalue weighted by Gasteiger charge is -2.64. The van der Waals surface area contributed by atoms with E-state index in [-0.39, 0.29) is 0 Å².